The highest BCUT2D eigenvalue weighted by Gasteiger charge is 2.45. The second-order valence-electron chi connectivity index (χ2n) is 8.45. The Morgan fingerprint density at radius 3 is 2.41 bits per heavy atom. The summed E-state index contributed by atoms with van der Waals surface area (Å²) in [6, 6.07) is 0.921. The molecule has 2 aliphatic rings. The lowest BCUT2D eigenvalue weighted by molar-refractivity contribution is -0.234. The lowest BCUT2D eigenvalue weighted by atomic mass is 10.0. The summed E-state index contributed by atoms with van der Waals surface area (Å²) in [6.45, 7) is -0.977. The highest BCUT2D eigenvalue weighted by atomic mass is 31.3. The first-order chi connectivity index (χ1) is 18.0. The molecule has 0 aliphatic carbocycles. The van der Waals surface area contributed by atoms with E-state index in [9.17, 15) is 58.8 Å². The molecule has 0 spiro atoms. The third kappa shape index (κ3) is 7.49. The smallest absolute Gasteiger partial charge is 0.330 e. The van der Waals surface area contributed by atoms with Crippen LogP contribution in [0.25, 0.3) is 0 Å². The number of aromatic nitrogens is 2. The highest BCUT2D eigenvalue weighted by molar-refractivity contribution is 7.62. The summed E-state index contributed by atoms with van der Waals surface area (Å²) in [7, 11) is -11.2. The molecule has 7 N–H and O–H groups in total. The quantitative estimate of drug-likeness (QED) is 0.123. The van der Waals surface area contributed by atoms with E-state index in [-0.39, 0.29) is 0 Å². The Kier molecular flexibility index (Phi) is 9.70. The molecule has 220 valence electrons. The zero-order valence-electron chi connectivity index (χ0n) is 19.9. The lowest BCUT2D eigenvalue weighted by Gasteiger charge is -2.38. The molecule has 19 nitrogen and oxygen atoms in total. The molecular weight excluding hydrogens is 576 g/mol. The van der Waals surface area contributed by atoms with Gasteiger partial charge in [-0.15, -0.1) is 0 Å². The van der Waals surface area contributed by atoms with E-state index in [4.69, 9.17) is 9.47 Å². The largest absolute Gasteiger partial charge is 0.778 e. The fourth-order valence-electron chi connectivity index (χ4n) is 3.73. The van der Waals surface area contributed by atoms with Crippen molar-refractivity contribution in [2.75, 3.05) is 19.4 Å². The average molecular weight is 601 g/mol. The van der Waals surface area contributed by atoms with E-state index in [2.05, 4.69) is 14.2 Å². The maximum atomic E-state index is 12.5. The van der Waals surface area contributed by atoms with Gasteiger partial charge in [0.05, 0.1) is 25.1 Å². The van der Waals surface area contributed by atoms with E-state index in [1.807, 2.05) is 4.98 Å². The molecule has 1 saturated heterocycles. The van der Waals surface area contributed by atoms with E-state index in [1.165, 1.54) is 0 Å². The highest BCUT2D eigenvalue weighted by Crippen LogP contribution is 2.56. The minimum absolute atomic E-state index is 0.610. The number of phosphoric ester groups is 1. The fraction of sp³-hybridized carbons (Fsp3) is 0.611. The van der Waals surface area contributed by atoms with Gasteiger partial charge >= 0.3 is 5.69 Å². The van der Waals surface area contributed by atoms with E-state index < -0.39 is 106 Å². The zero-order chi connectivity index (χ0) is 29.3. The Labute approximate surface area is 218 Å². The first kappa shape index (κ1) is 31.3. The van der Waals surface area contributed by atoms with Crippen LogP contribution in [0.3, 0.4) is 0 Å². The van der Waals surface area contributed by atoms with Gasteiger partial charge in [-0.05, 0) is 0 Å². The van der Waals surface area contributed by atoms with Crippen molar-refractivity contribution >= 4 is 21.3 Å². The molecule has 9 atom stereocenters. The summed E-state index contributed by atoms with van der Waals surface area (Å²) in [4.78, 5) is 61.2. The van der Waals surface area contributed by atoms with Crippen molar-refractivity contribution < 1.29 is 67.6 Å². The van der Waals surface area contributed by atoms with Crippen molar-refractivity contribution in [3.63, 3.8) is 0 Å². The third-order valence-corrected chi connectivity index (χ3v) is 8.44. The summed E-state index contributed by atoms with van der Waals surface area (Å²) in [5.41, 5.74) is -2.38. The lowest BCUT2D eigenvalue weighted by Crippen LogP contribution is -2.50. The number of amides is 1. The molecule has 21 heteroatoms. The molecule has 3 rings (SSSR count). The Morgan fingerprint density at radius 2 is 1.82 bits per heavy atom. The molecule has 1 aromatic heterocycles. The zero-order valence-corrected chi connectivity index (χ0v) is 21.7. The van der Waals surface area contributed by atoms with Crippen LogP contribution in [0.1, 0.15) is 13.2 Å². The summed E-state index contributed by atoms with van der Waals surface area (Å²) < 4.78 is 44.4. The van der Waals surface area contributed by atoms with Gasteiger partial charge in [0.15, 0.2) is 13.8 Å². The Hall–Kier alpha value is -2.25. The van der Waals surface area contributed by atoms with Crippen LogP contribution in [0.5, 0.6) is 0 Å². The van der Waals surface area contributed by atoms with Gasteiger partial charge < -0.3 is 59.2 Å². The number of nitrogens with zero attached hydrogens (tertiary/aromatic N) is 1. The van der Waals surface area contributed by atoms with Crippen LogP contribution in [0.2, 0.25) is 0 Å². The molecule has 3 heterocycles. The van der Waals surface area contributed by atoms with Crippen molar-refractivity contribution in [3.8, 4) is 0 Å². The second kappa shape index (κ2) is 12.1. The summed E-state index contributed by atoms with van der Waals surface area (Å²) in [5, 5.41) is 51.8. The third-order valence-electron chi connectivity index (χ3n) is 5.51. The first-order valence-electron chi connectivity index (χ1n) is 11.0. The Bertz CT molecular complexity index is 1310. The van der Waals surface area contributed by atoms with Gasteiger partial charge in [-0.1, -0.05) is 0 Å². The number of carbonyl (C=O) groups excluding carboxylic acids is 1. The van der Waals surface area contributed by atoms with Gasteiger partial charge in [0.2, 0.25) is 5.91 Å². The molecule has 0 aromatic carbocycles. The van der Waals surface area contributed by atoms with Crippen molar-refractivity contribution in [1.29, 1.82) is 0 Å². The first-order valence-corrected chi connectivity index (χ1v) is 14.2. The summed E-state index contributed by atoms with van der Waals surface area (Å²) >= 11 is 0. The number of carbonyl (C=O) groups is 1. The number of phosphoric acid groups is 1. The number of hydrogen-bond acceptors (Lipinski definition) is 16. The molecule has 2 unspecified atom stereocenters. The van der Waals surface area contributed by atoms with Gasteiger partial charge in [-0.3, -0.25) is 28.0 Å². The Balaban J connectivity index is 1.70. The maximum absolute atomic E-state index is 12.5. The van der Waals surface area contributed by atoms with Gasteiger partial charge in [-0.25, -0.2) is 4.79 Å². The van der Waals surface area contributed by atoms with E-state index in [0.29, 0.717) is 4.57 Å². The maximum Gasteiger partial charge on any atom is 0.330 e. The number of nitrogens with one attached hydrogen (secondary N) is 2. The number of H-pyrrole nitrogens is 1. The molecule has 39 heavy (non-hydrogen) atoms. The molecule has 1 amide bonds. The SMILES string of the molecule is CC(=O)NC1=C(CP(=O)([O-])OP(=O)([O-])OC[C@H]2O[C@@H](n3ccc(=O)[nH]c3=O)[C@H](O)[C@@H]2O)O[C@H](CO)[C@@H](O)[C@@H]1O. The number of aromatic amines is 1. The summed E-state index contributed by atoms with van der Waals surface area (Å²) in [5.74, 6) is -1.54. The number of rotatable bonds is 10. The van der Waals surface area contributed by atoms with Crippen molar-refractivity contribution in [3.05, 3.63) is 44.6 Å². The van der Waals surface area contributed by atoms with Crippen LogP contribution in [-0.4, -0.2) is 97.0 Å². The van der Waals surface area contributed by atoms with Gasteiger partial charge in [-0.2, -0.15) is 0 Å². The standard InChI is InChI=1S/C18H27N3O16P2/c1-7(23)19-12-10(35-8(4-22)13(25)15(12)27)6-38(30,31)37-39(32,33)34-5-9-14(26)16(28)17(36-9)21-3-2-11(24)20-18(21)29/h2-3,8-9,13-17,22,25-28H,4-6H2,1H3,(H,19,23)(H,30,31)(H,32,33)(H,20,24,29)/p-2/t8-,9-,13-,14-,15-,16-,17-/m1/s1. The predicted molar refractivity (Wildman–Crippen MR) is 119 cm³/mol. The molecule has 1 fully saturated rings. The van der Waals surface area contributed by atoms with Crippen LogP contribution in [-0.2, 0) is 32.2 Å². The number of aliphatic hydroxyl groups is 5. The Morgan fingerprint density at radius 1 is 1.15 bits per heavy atom. The fourth-order valence-corrected chi connectivity index (χ4v) is 6.29. The summed E-state index contributed by atoms with van der Waals surface area (Å²) in [6.07, 6.45) is -12.4. The molecule has 0 radical (unpaired) electrons. The van der Waals surface area contributed by atoms with Crippen LogP contribution in [0.15, 0.2) is 33.3 Å². The van der Waals surface area contributed by atoms with Crippen LogP contribution in [0.4, 0.5) is 0 Å². The minimum Gasteiger partial charge on any atom is -0.778 e. The number of allylic oxidation sites excluding steroid dienone is 1. The van der Waals surface area contributed by atoms with Crippen LogP contribution >= 0.6 is 15.4 Å². The van der Waals surface area contributed by atoms with E-state index >= 15 is 0 Å². The minimum atomic E-state index is -5.73. The van der Waals surface area contributed by atoms with Crippen molar-refractivity contribution in [1.82, 2.24) is 14.9 Å². The van der Waals surface area contributed by atoms with Crippen molar-refractivity contribution in [2.24, 2.45) is 0 Å². The molecular formula is C18H25N3O16P2-2. The van der Waals surface area contributed by atoms with Gasteiger partial charge in [0.25, 0.3) is 13.4 Å². The normalized spacial score (nSPS) is 32.3. The van der Waals surface area contributed by atoms with Gasteiger partial charge in [0.1, 0.15) is 42.4 Å². The molecule has 0 saturated carbocycles. The van der Waals surface area contributed by atoms with E-state index in [1.54, 1.807) is 0 Å². The van der Waals surface area contributed by atoms with Crippen LogP contribution in [0, 0.1) is 0 Å². The number of ether oxygens (including phenoxy) is 2. The number of aliphatic hydroxyl groups excluding tert-OH is 5. The second-order valence-corrected chi connectivity index (χ2v) is 11.8. The van der Waals surface area contributed by atoms with E-state index in [0.717, 1.165) is 19.2 Å². The monoisotopic (exact) mass is 601 g/mol. The molecule has 1 aromatic rings. The number of hydrogen-bond donors (Lipinski definition) is 7. The average Bonchev–Trinajstić information content (AvgIpc) is 3.10. The predicted octanol–water partition coefficient (Wildman–Crippen LogP) is -5.33. The van der Waals surface area contributed by atoms with Crippen molar-refractivity contribution in [2.45, 2.75) is 49.8 Å². The molecule has 2 aliphatic heterocycles. The molecule has 0 bridgehead atoms. The van der Waals surface area contributed by atoms with Gasteiger partial charge in [0, 0.05) is 19.2 Å². The van der Waals surface area contributed by atoms with Crippen LogP contribution < -0.4 is 26.4 Å². The topological polar surface area (TPSA) is 302 Å².